The summed E-state index contributed by atoms with van der Waals surface area (Å²) in [7, 11) is 3.21. The number of nitrogens with zero attached hydrogens (tertiary/aromatic N) is 1. The highest BCUT2D eigenvalue weighted by atomic mass is 32.2. The Morgan fingerprint density at radius 3 is 2.26 bits per heavy atom. The number of nitrogen functional groups attached to an aromatic ring is 1. The Morgan fingerprint density at radius 2 is 1.74 bits per heavy atom. The predicted octanol–water partition coefficient (Wildman–Crippen LogP) is 7.41. The number of carbonyl (C=O) groups excluding carboxylic acids is 1. The topological polar surface area (TPSA) is 74.0 Å². The Kier molecular flexibility index (Phi) is 26.7. The zero-order valence-electron chi connectivity index (χ0n) is 23.0. The number of amides is 1. The highest BCUT2D eigenvalue weighted by Gasteiger charge is 2.34. The van der Waals surface area contributed by atoms with Crippen LogP contribution in [0.25, 0.3) is 0 Å². The maximum atomic E-state index is 13.2. The number of ether oxygens (including phenoxy) is 3. The number of thiol groups is 1. The Balaban J connectivity index is -0.00000116. The molecule has 0 saturated carbocycles. The fourth-order valence-corrected chi connectivity index (χ4v) is 4.80. The molecule has 1 saturated heterocycles. The SMILES string of the molecule is C.CC.CC.CCC.CCSC(S)C1CCCN1C(=O)c1cc(OC)c(OCCCOC)cc1N. The Labute approximate surface area is 226 Å². The van der Waals surface area contributed by atoms with E-state index in [0.717, 1.165) is 31.6 Å². The second-order valence-corrected chi connectivity index (χ2v) is 9.37. The van der Waals surface area contributed by atoms with E-state index < -0.39 is 0 Å². The molecule has 0 radical (unpaired) electrons. The standard InChI is InChI=1S/C19H30N2O4S2.C3H8.2C2H6.CH4/c1-4-27-19(26)15-7-5-8-21(15)18(22)13-11-16(24-3)17(12-14(13)20)25-10-6-9-23-2;1-3-2;2*1-2;/h11-12,15,19,26H,4-10,20H2,1-3H3;3H2,1-2H3;2*1-2H3;1H4. The van der Waals surface area contributed by atoms with Gasteiger partial charge in [-0.3, -0.25) is 4.79 Å². The molecule has 2 atom stereocenters. The minimum atomic E-state index is -0.0741. The van der Waals surface area contributed by atoms with Crippen LogP contribution >= 0.6 is 24.4 Å². The number of rotatable bonds is 10. The van der Waals surface area contributed by atoms with Gasteiger partial charge in [0.1, 0.15) is 0 Å². The fourth-order valence-electron chi connectivity index (χ4n) is 3.20. The van der Waals surface area contributed by atoms with Crippen LogP contribution < -0.4 is 15.2 Å². The summed E-state index contributed by atoms with van der Waals surface area (Å²) in [5.41, 5.74) is 7.04. The molecule has 6 nitrogen and oxygen atoms in total. The quantitative estimate of drug-likeness (QED) is 0.141. The molecule has 2 unspecified atom stereocenters. The number of anilines is 1. The molecule has 1 fully saturated rings. The smallest absolute Gasteiger partial charge is 0.256 e. The molecule has 1 aromatic rings. The summed E-state index contributed by atoms with van der Waals surface area (Å²) in [6, 6.07) is 3.46. The second-order valence-electron chi connectivity index (χ2n) is 7.05. The largest absolute Gasteiger partial charge is 0.493 e. The molecule has 8 heteroatoms. The fraction of sp³-hybridized carbons (Fsp3) is 0.741. The number of likely N-dealkylation sites (tertiary alicyclic amines) is 1. The van der Waals surface area contributed by atoms with Gasteiger partial charge in [0, 0.05) is 38.4 Å². The number of thioether (sulfide) groups is 1. The van der Waals surface area contributed by atoms with Crippen LogP contribution in [0.15, 0.2) is 12.1 Å². The lowest BCUT2D eigenvalue weighted by molar-refractivity contribution is 0.0746. The van der Waals surface area contributed by atoms with Crippen LogP contribution in [-0.2, 0) is 4.74 Å². The molecule has 35 heavy (non-hydrogen) atoms. The first-order valence-corrected chi connectivity index (χ1v) is 14.2. The number of nitrogens with two attached hydrogens (primary N) is 1. The van der Waals surface area contributed by atoms with E-state index in [9.17, 15) is 4.79 Å². The Bertz CT molecular complexity index is 648. The van der Waals surface area contributed by atoms with Gasteiger partial charge in [0.2, 0.25) is 0 Å². The van der Waals surface area contributed by atoms with Gasteiger partial charge in [-0.05, 0) is 24.7 Å². The third-order valence-electron chi connectivity index (χ3n) is 4.54. The minimum Gasteiger partial charge on any atom is -0.493 e. The van der Waals surface area contributed by atoms with Gasteiger partial charge in [-0.15, -0.1) is 11.8 Å². The number of methoxy groups -OCH3 is 2. The van der Waals surface area contributed by atoms with Gasteiger partial charge in [0.15, 0.2) is 11.5 Å². The normalized spacial score (nSPS) is 14.6. The van der Waals surface area contributed by atoms with Gasteiger partial charge in [0.25, 0.3) is 5.91 Å². The summed E-state index contributed by atoms with van der Waals surface area (Å²) in [5, 5.41) is 0. The number of benzene rings is 1. The van der Waals surface area contributed by atoms with Crippen LogP contribution in [0.1, 0.15) is 91.9 Å². The third-order valence-corrected chi connectivity index (χ3v) is 6.32. The average Bonchev–Trinajstić information content (AvgIpc) is 3.35. The average molecular weight is 535 g/mol. The van der Waals surface area contributed by atoms with Crippen LogP contribution in [-0.4, -0.2) is 61.2 Å². The summed E-state index contributed by atoms with van der Waals surface area (Å²) < 4.78 is 16.3. The van der Waals surface area contributed by atoms with Crippen molar-refractivity contribution in [3.8, 4) is 11.5 Å². The zero-order valence-corrected chi connectivity index (χ0v) is 24.7. The van der Waals surface area contributed by atoms with E-state index in [0.29, 0.717) is 36.0 Å². The van der Waals surface area contributed by atoms with E-state index in [2.05, 4.69) is 20.8 Å². The molecular weight excluding hydrogens is 480 g/mol. The highest BCUT2D eigenvalue weighted by Crippen LogP contribution is 2.36. The summed E-state index contributed by atoms with van der Waals surface area (Å²) >= 11 is 6.45. The molecule has 1 heterocycles. The van der Waals surface area contributed by atoms with E-state index in [-0.39, 0.29) is 24.0 Å². The van der Waals surface area contributed by atoms with Crippen molar-refractivity contribution in [2.24, 2.45) is 0 Å². The first-order chi connectivity index (χ1) is 16.4. The molecule has 2 N–H and O–H groups in total. The summed E-state index contributed by atoms with van der Waals surface area (Å²) in [4.78, 5) is 15.0. The van der Waals surface area contributed by atoms with Crippen molar-refractivity contribution in [3.63, 3.8) is 0 Å². The van der Waals surface area contributed by atoms with Crippen molar-refractivity contribution < 1.29 is 19.0 Å². The van der Waals surface area contributed by atoms with Crippen molar-refractivity contribution >= 4 is 36.0 Å². The summed E-state index contributed by atoms with van der Waals surface area (Å²) in [6.07, 6.45) is 3.95. The monoisotopic (exact) mass is 534 g/mol. The molecular formula is C27H54N2O4S2. The van der Waals surface area contributed by atoms with Crippen LogP contribution in [0.2, 0.25) is 0 Å². The van der Waals surface area contributed by atoms with Crippen molar-refractivity contribution in [1.29, 1.82) is 0 Å². The molecule has 1 aromatic carbocycles. The predicted molar refractivity (Wildman–Crippen MR) is 160 cm³/mol. The lowest BCUT2D eigenvalue weighted by Gasteiger charge is -2.29. The van der Waals surface area contributed by atoms with Crippen LogP contribution in [0.4, 0.5) is 5.69 Å². The van der Waals surface area contributed by atoms with E-state index >= 15 is 0 Å². The van der Waals surface area contributed by atoms with Gasteiger partial charge in [-0.2, -0.15) is 12.6 Å². The van der Waals surface area contributed by atoms with Gasteiger partial charge < -0.3 is 24.8 Å². The van der Waals surface area contributed by atoms with E-state index in [1.165, 1.54) is 6.42 Å². The first-order valence-electron chi connectivity index (χ1n) is 12.6. The Morgan fingerprint density at radius 1 is 1.14 bits per heavy atom. The van der Waals surface area contributed by atoms with Crippen molar-refractivity contribution in [3.05, 3.63) is 17.7 Å². The lowest BCUT2D eigenvalue weighted by Crippen LogP contribution is -2.40. The molecule has 0 aliphatic carbocycles. The summed E-state index contributed by atoms with van der Waals surface area (Å²) in [6.45, 7) is 16.2. The van der Waals surface area contributed by atoms with Crippen LogP contribution in [0.5, 0.6) is 11.5 Å². The maximum absolute atomic E-state index is 13.2. The molecule has 1 amide bonds. The molecule has 208 valence electrons. The van der Waals surface area contributed by atoms with Gasteiger partial charge in [0.05, 0.1) is 29.9 Å². The van der Waals surface area contributed by atoms with E-state index in [4.69, 9.17) is 32.6 Å². The molecule has 0 spiro atoms. The molecule has 1 aliphatic rings. The van der Waals surface area contributed by atoms with Crippen LogP contribution in [0.3, 0.4) is 0 Å². The molecule has 2 rings (SSSR count). The van der Waals surface area contributed by atoms with Crippen molar-refractivity contribution in [2.45, 2.75) is 92.2 Å². The number of hydrogen-bond donors (Lipinski definition) is 2. The van der Waals surface area contributed by atoms with E-state index in [1.807, 2.05) is 32.6 Å². The maximum Gasteiger partial charge on any atom is 0.256 e. The Hall–Kier alpha value is -1.25. The molecule has 0 aromatic heterocycles. The second kappa shape index (κ2) is 24.4. The first kappa shape index (κ1) is 38.3. The number of carbonyl (C=O) groups is 1. The van der Waals surface area contributed by atoms with Gasteiger partial charge >= 0.3 is 0 Å². The molecule has 0 bridgehead atoms. The van der Waals surface area contributed by atoms with Gasteiger partial charge in [-0.25, -0.2) is 0 Å². The van der Waals surface area contributed by atoms with Crippen molar-refractivity contribution in [2.75, 3.05) is 45.5 Å². The van der Waals surface area contributed by atoms with Crippen LogP contribution in [0, 0.1) is 0 Å². The third kappa shape index (κ3) is 13.6. The zero-order chi connectivity index (χ0) is 26.5. The summed E-state index contributed by atoms with van der Waals surface area (Å²) in [5.74, 6) is 1.94. The van der Waals surface area contributed by atoms with Crippen molar-refractivity contribution in [1.82, 2.24) is 4.90 Å². The minimum absolute atomic E-state index is 0. The lowest BCUT2D eigenvalue weighted by atomic mass is 10.1. The van der Waals surface area contributed by atoms with E-state index in [1.54, 1.807) is 38.1 Å². The van der Waals surface area contributed by atoms with Gasteiger partial charge in [-0.1, -0.05) is 62.3 Å². The highest BCUT2D eigenvalue weighted by molar-refractivity contribution is 8.10. The molecule has 1 aliphatic heterocycles. The number of hydrogen-bond acceptors (Lipinski definition) is 7.